The number of ketones is 1. The van der Waals surface area contributed by atoms with E-state index < -0.39 is 5.78 Å². The first kappa shape index (κ1) is 13.1. The Morgan fingerprint density at radius 3 is 2.90 bits per heavy atom. The molecule has 0 bridgehead atoms. The largest absolute Gasteiger partial charge is 0.507 e. The maximum atomic E-state index is 12.2. The lowest BCUT2D eigenvalue weighted by Gasteiger charge is -2.16. The summed E-state index contributed by atoms with van der Waals surface area (Å²) in [6.45, 7) is 1.83. The summed E-state index contributed by atoms with van der Waals surface area (Å²) >= 11 is 7.16. The lowest BCUT2D eigenvalue weighted by molar-refractivity contribution is -0.111. The second kappa shape index (κ2) is 4.61. The summed E-state index contributed by atoms with van der Waals surface area (Å²) in [7, 11) is 0. The maximum Gasteiger partial charge on any atom is 0.205 e. The first-order chi connectivity index (χ1) is 9.47. The van der Waals surface area contributed by atoms with Crippen molar-refractivity contribution in [2.45, 2.75) is 13.3 Å². The summed E-state index contributed by atoms with van der Waals surface area (Å²) in [6, 6.07) is 1.41. The number of carbonyl (C=O) groups is 1. The van der Waals surface area contributed by atoms with Crippen molar-refractivity contribution in [3.8, 4) is 5.06 Å². The van der Waals surface area contributed by atoms with Gasteiger partial charge in [0.25, 0.3) is 0 Å². The molecule has 0 radical (unpaired) electrons. The molecule has 2 aliphatic rings. The molecular formula is C14H10ClNO3S. The molecule has 1 aliphatic carbocycles. The van der Waals surface area contributed by atoms with Crippen LogP contribution in [0.3, 0.4) is 0 Å². The number of nitrogens with zero attached hydrogens (tertiary/aromatic N) is 1. The average molecular weight is 308 g/mol. The fourth-order valence-corrected chi connectivity index (χ4v) is 3.14. The molecule has 0 atom stereocenters. The molecule has 1 aromatic heterocycles. The Morgan fingerprint density at radius 2 is 2.25 bits per heavy atom. The van der Waals surface area contributed by atoms with Crippen LogP contribution < -0.4 is 0 Å². The summed E-state index contributed by atoms with van der Waals surface area (Å²) in [4.78, 5) is 16.6. The Kier molecular flexibility index (Phi) is 3.03. The SMILES string of the molecule is CC1=CC2=C(Cl)C(=O)C(=C(O)c3csc(O)c3)CC2=N1. The number of fused-ring (bicyclic) bond motifs is 1. The first-order valence-electron chi connectivity index (χ1n) is 5.88. The van der Waals surface area contributed by atoms with E-state index in [-0.39, 0.29) is 27.8 Å². The zero-order valence-corrected chi connectivity index (χ0v) is 12.0. The molecule has 2 N–H and O–H groups in total. The summed E-state index contributed by atoms with van der Waals surface area (Å²) in [5.41, 5.74) is 2.73. The van der Waals surface area contributed by atoms with Crippen molar-refractivity contribution in [1.82, 2.24) is 0 Å². The highest BCUT2D eigenvalue weighted by molar-refractivity contribution is 7.11. The van der Waals surface area contributed by atoms with Gasteiger partial charge in [-0.3, -0.25) is 9.79 Å². The number of aromatic hydroxyl groups is 1. The molecule has 0 unspecified atom stereocenters. The van der Waals surface area contributed by atoms with E-state index in [9.17, 15) is 15.0 Å². The first-order valence-corrected chi connectivity index (χ1v) is 7.14. The van der Waals surface area contributed by atoms with Gasteiger partial charge in [0.1, 0.15) is 5.76 Å². The molecule has 0 saturated heterocycles. The molecule has 1 aliphatic heterocycles. The number of aliphatic hydroxyl groups excluding tert-OH is 1. The lowest BCUT2D eigenvalue weighted by atomic mass is 9.90. The molecule has 2 heterocycles. The third-order valence-corrected chi connectivity index (χ3v) is 4.28. The van der Waals surface area contributed by atoms with Gasteiger partial charge in [0.2, 0.25) is 5.78 Å². The van der Waals surface area contributed by atoms with Crippen LogP contribution in [0.15, 0.2) is 44.4 Å². The van der Waals surface area contributed by atoms with E-state index in [0.717, 1.165) is 17.0 Å². The molecule has 4 nitrogen and oxygen atoms in total. The van der Waals surface area contributed by atoms with Crippen molar-refractivity contribution in [2.75, 3.05) is 0 Å². The molecule has 0 spiro atoms. The van der Waals surface area contributed by atoms with Crippen molar-refractivity contribution >= 4 is 40.2 Å². The highest BCUT2D eigenvalue weighted by atomic mass is 35.5. The topological polar surface area (TPSA) is 69.9 Å². The third-order valence-electron chi connectivity index (χ3n) is 3.17. The number of hydrogen-bond acceptors (Lipinski definition) is 5. The van der Waals surface area contributed by atoms with Gasteiger partial charge in [0.05, 0.1) is 10.7 Å². The van der Waals surface area contributed by atoms with Gasteiger partial charge >= 0.3 is 0 Å². The lowest BCUT2D eigenvalue weighted by Crippen LogP contribution is -2.19. The van der Waals surface area contributed by atoms with E-state index in [1.807, 2.05) is 6.92 Å². The summed E-state index contributed by atoms with van der Waals surface area (Å²) < 4.78 is 0. The molecular weight excluding hydrogens is 298 g/mol. The van der Waals surface area contributed by atoms with Crippen LogP contribution in [-0.4, -0.2) is 21.7 Å². The molecule has 1 aromatic rings. The van der Waals surface area contributed by atoms with E-state index in [2.05, 4.69) is 4.99 Å². The number of aliphatic imine (C=N–C) groups is 1. The quantitative estimate of drug-likeness (QED) is 0.616. The fourth-order valence-electron chi connectivity index (χ4n) is 2.24. The highest BCUT2D eigenvalue weighted by Crippen LogP contribution is 2.36. The second-order valence-electron chi connectivity index (χ2n) is 4.58. The van der Waals surface area contributed by atoms with E-state index in [1.165, 1.54) is 6.07 Å². The molecule has 102 valence electrons. The predicted octanol–water partition coefficient (Wildman–Crippen LogP) is 3.55. The Balaban J connectivity index is 2.11. The number of hydrogen-bond donors (Lipinski definition) is 2. The number of aliphatic hydroxyl groups is 1. The minimum Gasteiger partial charge on any atom is -0.507 e. The minimum absolute atomic E-state index is 0.0767. The van der Waals surface area contributed by atoms with Crippen LogP contribution in [0.25, 0.3) is 5.76 Å². The van der Waals surface area contributed by atoms with E-state index >= 15 is 0 Å². The number of Topliss-reactive ketones (excluding diaryl/α,β-unsaturated/α-hetero) is 1. The van der Waals surface area contributed by atoms with Gasteiger partial charge in [-0.1, -0.05) is 11.6 Å². The van der Waals surface area contributed by atoms with Crippen molar-refractivity contribution < 1.29 is 15.0 Å². The Labute approximate surface area is 124 Å². The summed E-state index contributed by atoms with van der Waals surface area (Å²) in [5, 5.41) is 21.3. The van der Waals surface area contributed by atoms with Gasteiger partial charge in [-0.25, -0.2) is 0 Å². The van der Waals surface area contributed by atoms with E-state index in [1.54, 1.807) is 11.5 Å². The molecule has 0 aromatic carbocycles. The maximum absolute atomic E-state index is 12.2. The Bertz CT molecular complexity index is 752. The standard InChI is InChI=1S/C14H10ClNO3S/c1-6-2-8-10(16-6)4-9(14(19)12(8)15)13(18)7-3-11(17)20-5-7/h2-3,5,17-18H,4H2,1H3. The van der Waals surface area contributed by atoms with Gasteiger partial charge in [-0.15, -0.1) is 11.3 Å². The van der Waals surface area contributed by atoms with Gasteiger partial charge in [0, 0.05) is 40.3 Å². The number of thiophene rings is 1. The normalized spacial score (nSPS) is 20.8. The highest BCUT2D eigenvalue weighted by Gasteiger charge is 2.32. The molecule has 20 heavy (non-hydrogen) atoms. The van der Waals surface area contributed by atoms with Crippen molar-refractivity contribution in [3.05, 3.63) is 45.0 Å². The zero-order valence-electron chi connectivity index (χ0n) is 10.5. The molecule has 0 amide bonds. The summed E-state index contributed by atoms with van der Waals surface area (Å²) in [6.07, 6.45) is 2.00. The van der Waals surface area contributed by atoms with Crippen LogP contribution in [0.2, 0.25) is 0 Å². The molecule has 0 fully saturated rings. The van der Waals surface area contributed by atoms with E-state index in [4.69, 9.17) is 11.6 Å². The van der Waals surface area contributed by atoms with Crippen molar-refractivity contribution in [2.24, 2.45) is 4.99 Å². The average Bonchev–Trinajstić information content (AvgIpc) is 2.99. The van der Waals surface area contributed by atoms with Crippen LogP contribution in [0.5, 0.6) is 5.06 Å². The number of carbonyl (C=O) groups excluding carboxylic acids is 1. The predicted molar refractivity (Wildman–Crippen MR) is 79.2 cm³/mol. The number of rotatable bonds is 1. The van der Waals surface area contributed by atoms with Crippen molar-refractivity contribution in [1.29, 1.82) is 0 Å². The Hall–Kier alpha value is -1.85. The minimum atomic E-state index is -0.394. The van der Waals surface area contributed by atoms with Gasteiger partial charge < -0.3 is 10.2 Å². The zero-order chi connectivity index (χ0) is 14.4. The summed E-state index contributed by atoms with van der Waals surface area (Å²) in [5.74, 6) is -0.550. The fraction of sp³-hybridized carbons (Fsp3) is 0.143. The second-order valence-corrected chi connectivity index (χ2v) is 5.85. The van der Waals surface area contributed by atoms with Crippen LogP contribution >= 0.6 is 22.9 Å². The van der Waals surface area contributed by atoms with Crippen molar-refractivity contribution in [3.63, 3.8) is 0 Å². The van der Waals surface area contributed by atoms with Crippen LogP contribution in [0, 0.1) is 0 Å². The third kappa shape index (κ3) is 1.99. The van der Waals surface area contributed by atoms with Crippen LogP contribution in [0.1, 0.15) is 18.9 Å². The van der Waals surface area contributed by atoms with Gasteiger partial charge in [-0.05, 0) is 13.0 Å². The smallest absolute Gasteiger partial charge is 0.205 e. The van der Waals surface area contributed by atoms with Gasteiger partial charge in [0.15, 0.2) is 5.06 Å². The van der Waals surface area contributed by atoms with Gasteiger partial charge in [-0.2, -0.15) is 0 Å². The monoisotopic (exact) mass is 307 g/mol. The van der Waals surface area contributed by atoms with E-state index in [0.29, 0.717) is 16.8 Å². The number of allylic oxidation sites excluding steroid dienone is 5. The Morgan fingerprint density at radius 1 is 1.50 bits per heavy atom. The van der Waals surface area contributed by atoms with Crippen LogP contribution in [0.4, 0.5) is 0 Å². The molecule has 3 rings (SSSR count). The molecule has 0 saturated carbocycles. The molecule has 6 heteroatoms. The number of halogens is 1. The van der Waals surface area contributed by atoms with Crippen LogP contribution in [-0.2, 0) is 4.79 Å².